The van der Waals surface area contributed by atoms with E-state index in [1.807, 2.05) is 20.8 Å². The van der Waals surface area contributed by atoms with Crippen LogP contribution in [0.4, 0.5) is 4.79 Å². The molecular formula is C25H40N4O6. The van der Waals surface area contributed by atoms with Crippen LogP contribution in [-0.4, -0.2) is 65.3 Å². The largest absolute Gasteiger partial charge is 0.447 e. The lowest BCUT2D eigenvalue weighted by atomic mass is 9.85. The predicted molar refractivity (Wildman–Crippen MR) is 128 cm³/mol. The normalized spacial score (nSPS) is 26.4. The van der Waals surface area contributed by atoms with E-state index in [4.69, 9.17) is 10.5 Å². The first-order valence-electron chi connectivity index (χ1n) is 12.5. The molecular weight excluding hydrogens is 452 g/mol. The maximum atomic E-state index is 13.8. The minimum Gasteiger partial charge on any atom is -0.447 e. The summed E-state index contributed by atoms with van der Waals surface area (Å²) in [5, 5.41) is 5.42. The number of ether oxygens (including phenoxy) is 1. The van der Waals surface area contributed by atoms with Crippen LogP contribution in [-0.2, 0) is 23.9 Å². The molecule has 0 bridgehead atoms. The summed E-state index contributed by atoms with van der Waals surface area (Å²) >= 11 is 0. The fourth-order valence-corrected chi connectivity index (χ4v) is 5.34. The average Bonchev–Trinajstić information content (AvgIpc) is 3.56. The highest BCUT2D eigenvalue weighted by Crippen LogP contribution is 2.65. The van der Waals surface area contributed by atoms with E-state index < -0.39 is 47.2 Å². The van der Waals surface area contributed by atoms with Gasteiger partial charge in [-0.05, 0) is 48.9 Å². The molecule has 4 amide bonds. The molecule has 4 N–H and O–H groups in total. The number of rotatable bonds is 9. The Labute approximate surface area is 207 Å². The van der Waals surface area contributed by atoms with Crippen molar-refractivity contribution in [3.8, 4) is 0 Å². The van der Waals surface area contributed by atoms with Gasteiger partial charge < -0.3 is 26.0 Å². The fraction of sp³-hybridized carbons (Fsp3) is 0.800. The topological polar surface area (TPSA) is 148 Å². The minimum absolute atomic E-state index is 0.0834. The zero-order chi connectivity index (χ0) is 26.5. The van der Waals surface area contributed by atoms with Crippen LogP contribution in [0.2, 0.25) is 0 Å². The summed E-state index contributed by atoms with van der Waals surface area (Å²) in [4.78, 5) is 65.2. The molecule has 10 heteroatoms. The van der Waals surface area contributed by atoms with Crippen molar-refractivity contribution < 1.29 is 28.7 Å². The van der Waals surface area contributed by atoms with Gasteiger partial charge in [0.1, 0.15) is 12.1 Å². The summed E-state index contributed by atoms with van der Waals surface area (Å²) in [5.41, 5.74) is 4.44. The molecule has 3 aliphatic rings. The maximum Gasteiger partial charge on any atom is 0.408 e. The van der Waals surface area contributed by atoms with E-state index in [0.717, 1.165) is 12.8 Å². The van der Waals surface area contributed by atoms with Gasteiger partial charge in [-0.15, -0.1) is 0 Å². The van der Waals surface area contributed by atoms with Crippen molar-refractivity contribution >= 4 is 29.6 Å². The highest BCUT2D eigenvalue weighted by atomic mass is 16.6. The Kier molecular flexibility index (Phi) is 7.26. The number of nitrogens with two attached hydrogens (primary N) is 1. The summed E-state index contributed by atoms with van der Waals surface area (Å²) in [6.07, 6.45) is 1.19. The Morgan fingerprint density at radius 2 is 1.69 bits per heavy atom. The number of hydrogen-bond acceptors (Lipinski definition) is 6. The molecule has 2 saturated carbocycles. The number of nitrogens with one attached hydrogen (secondary N) is 2. The van der Waals surface area contributed by atoms with Crippen molar-refractivity contribution in [1.29, 1.82) is 0 Å². The second kappa shape index (κ2) is 9.43. The summed E-state index contributed by atoms with van der Waals surface area (Å²) in [6, 6.07) is -2.72. The zero-order valence-electron chi connectivity index (χ0n) is 21.8. The molecule has 35 heavy (non-hydrogen) atoms. The Balaban J connectivity index is 1.83. The van der Waals surface area contributed by atoms with Crippen molar-refractivity contribution in [3.63, 3.8) is 0 Å². The van der Waals surface area contributed by atoms with Gasteiger partial charge in [0.05, 0.1) is 12.1 Å². The number of hydrogen-bond donors (Lipinski definition) is 3. The quantitative estimate of drug-likeness (QED) is 0.414. The molecule has 0 radical (unpaired) electrons. The van der Waals surface area contributed by atoms with Crippen molar-refractivity contribution in [1.82, 2.24) is 15.5 Å². The highest BCUT2D eigenvalue weighted by molar-refractivity contribution is 6.37. The third kappa shape index (κ3) is 5.78. The number of carbonyl (C=O) groups is 5. The number of likely N-dealkylation sites (tertiary alicyclic amines) is 1. The summed E-state index contributed by atoms with van der Waals surface area (Å²) < 4.78 is 5.19. The average molecular weight is 493 g/mol. The number of fused-ring (bicyclic) bond motifs is 1. The maximum absolute atomic E-state index is 13.8. The van der Waals surface area contributed by atoms with Gasteiger partial charge in [0.25, 0.3) is 5.91 Å². The van der Waals surface area contributed by atoms with Crippen LogP contribution in [0.25, 0.3) is 0 Å². The Morgan fingerprint density at radius 1 is 1.09 bits per heavy atom. The van der Waals surface area contributed by atoms with Gasteiger partial charge in [-0.25, -0.2) is 4.79 Å². The van der Waals surface area contributed by atoms with E-state index >= 15 is 0 Å². The second-order valence-corrected chi connectivity index (χ2v) is 12.3. The lowest BCUT2D eigenvalue weighted by Gasteiger charge is -2.37. The molecule has 3 rings (SSSR count). The molecule has 1 aliphatic heterocycles. The molecule has 0 aromatic heterocycles. The standard InChI is InChI=1S/C25H40N4O6/c1-12(2)35-23(34)28-19(24(3,4)5)22(33)29-11-14-16(25(14,6)7)17(29)21(32)27-15(10-13-8-9-13)18(30)20(26)31/h12-17,19H,8-11H2,1-7H3,(H2,26,31)(H,27,32)(H,28,34). The molecule has 10 nitrogen and oxygen atoms in total. The SMILES string of the molecule is CC(C)OC(=O)NC(C(=O)N1CC2C(C1C(=O)NC(CC1CC1)C(=O)C(N)=O)C2(C)C)C(C)(C)C. The lowest BCUT2D eigenvalue weighted by molar-refractivity contribution is -0.145. The molecule has 0 aromatic carbocycles. The number of amides is 4. The van der Waals surface area contributed by atoms with Crippen LogP contribution in [0.5, 0.6) is 0 Å². The number of piperidine rings is 1. The monoisotopic (exact) mass is 492 g/mol. The Hall–Kier alpha value is -2.65. The van der Waals surface area contributed by atoms with E-state index in [9.17, 15) is 24.0 Å². The number of Topliss-reactive ketones (excluding diaryl/α,β-unsaturated/α-hetero) is 1. The molecule has 3 fully saturated rings. The van der Waals surface area contributed by atoms with Gasteiger partial charge in [0.2, 0.25) is 17.6 Å². The van der Waals surface area contributed by atoms with Crippen LogP contribution in [0.15, 0.2) is 0 Å². The molecule has 2 aliphatic carbocycles. The van der Waals surface area contributed by atoms with Gasteiger partial charge >= 0.3 is 6.09 Å². The number of carbonyl (C=O) groups excluding carboxylic acids is 5. The summed E-state index contributed by atoms with van der Waals surface area (Å²) in [7, 11) is 0. The Morgan fingerprint density at radius 3 is 2.17 bits per heavy atom. The van der Waals surface area contributed by atoms with Crippen LogP contribution < -0.4 is 16.4 Å². The number of primary amides is 1. The van der Waals surface area contributed by atoms with Crippen molar-refractivity contribution in [2.75, 3.05) is 6.54 Å². The number of ketones is 1. The Bertz CT molecular complexity index is 904. The smallest absolute Gasteiger partial charge is 0.408 e. The van der Waals surface area contributed by atoms with Crippen LogP contribution in [0.3, 0.4) is 0 Å². The van der Waals surface area contributed by atoms with Crippen LogP contribution in [0, 0.1) is 28.6 Å². The fourth-order valence-electron chi connectivity index (χ4n) is 5.34. The van der Waals surface area contributed by atoms with Gasteiger partial charge in [-0.1, -0.05) is 47.5 Å². The first-order valence-corrected chi connectivity index (χ1v) is 12.5. The van der Waals surface area contributed by atoms with Gasteiger partial charge in [0, 0.05) is 6.54 Å². The zero-order valence-corrected chi connectivity index (χ0v) is 21.8. The van der Waals surface area contributed by atoms with Crippen LogP contribution in [0.1, 0.15) is 67.7 Å². The van der Waals surface area contributed by atoms with Gasteiger partial charge in [-0.3, -0.25) is 19.2 Å². The summed E-state index contributed by atoms with van der Waals surface area (Å²) in [6.45, 7) is 13.4. The third-order valence-corrected chi connectivity index (χ3v) is 7.62. The molecule has 5 unspecified atom stereocenters. The summed E-state index contributed by atoms with van der Waals surface area (Å²) in [5.74, 6) is -2.43. The van der Waals surface area contributed by atoms with E-state index in [1.54, 1.807) is 13.8 Å². The molecule has 1 heterocycles. The molecule has 0 spiro atoms. The number of nitrogens with zero attached hydrogens (tertiary/aromatic N) is 1. The molecule has 1 saturated heterocycles. The van der Waals surface area contributed by atoms with Crippen molar-refractivity contribution in [2.24, 2.45) is 34.3 Å². The van der Waals surface area contributed by atoms with E-state index in [1.165, 1.54) is 4.90 Å². The number of alkyl carbamates (subject to hydrolysis) is 1. The predicted octanol–water partition coefficient (Wildman–Crippen LogP) is 1.36. The van der Waals surface area contributed by atoms with Crippen molar-refractivity contribution in [2.45, 2.75) is 92.0 Å². The molecule has 0 aromatic rings. The minimum atomic E-state index is -1.08. The van der Waals surface area contributed by atoms with E-state index in [2.05, 4.69) is 24.5 Å². The molecule has 196 valence electrons. The highest BCUT2D eigenvalue weighted by Gasteiger charge is 2.70. The molecule has 5 atom stereocenters. The van der Waals surface area contributed by atoms with Crippen LogP contribution >= 0.6 is 0 Å². The second-order valence-electron chi connectivity index (χ2n) is 12.3. The first-order chi connectivity index (χ1) is 16.1. The van der Waals surface area contributed by atoms with Gasteiger partial charge in [0.15, 0.2) is 0 Å². The van der Waals surface area contributed by atoms with Gasteiger partial charge in [-0.2, -0.15) is 0 Å². The third-order valence-electron chi connectivity index (χ3n) is 7.62. The van der Waals surface area contributed by atoms with E-state index in [0.29, 0.717) is 13.0 Å². The lowest BCUT2D eigenvalue weighted by Crippen LogP contribution is -2.60. The van der Waals surface area contributed by atoms with Crippen molar-refractivity contribution in [3.05, 3.63) is 0 Å². The van der Waals surface area contributed by atoms with E-state index in [-0.39, 0.29) is 35.2 Å². The first kappa shape index (κ1) is 26.9.